The molecule has 0 saturated carbocycles. The Kier molecular flexibility index (Phi) is 7.72. The lowest BCUT2D eigenvalue weighted by Crippen LogP contribution is -2.01. The molecule has 0 amide bonds. The zero-order valence-corrected chi connectivity index (χ0v) is 9.96. The van der Waals surface area contributed by atoms with E-state index in [1.54, 1.807) is 0 Å². The lowest BCUT2D eigenvalue weighted by Gasteiger charge is -2.11. The van der Waals surface area contributed by atoms with Crippen LogP contribution >= 0.6 is 0 Å². The third-order valence-electron chi connectivity index (χ3n) is 3.47. The average molecular weight is 282 g/mol. The largest absolute Gasteiger partial charge is 0.0984 e. The summed E-state index contributed by atoms with van der Waals surface area (Å²) >= 11 is 0. The smallest absolute Gasteiger partial charge is 0.00244 e. The molecule has 0 spiro atoms. The van der Waals surface area contributed by atoms with Crippen LogP contribution in [0.1, 0.15) is 40.8 Å². The molecule has 0 heteroatoms. The van der Waals surface area contributed by atoms with E-state index in [1.807, 2.05) is 6.08 Å². The van der Waals surface area contributed by atoms with Gasteiger partial charge in [-0.3, -0.25) is 0 Å². The Balaban J connectivity index is 0. The highest BCUT2D eigenvalue weighted by Gasteiger charge is 2.07. The van der Waals surface area contributed by atoms with Crippen LogP contribution in [0.4, 0.5) is 0 Å². The monoisotopic (exact) mass is 282 g/mol. The minimum absolute atomic E-state index is 0. The molecule has 0 bridgehead atoms. The fraction of sp³-hybridized carbons (Fsp3) is 0.238. The van der Waals surface area contributed by atoms with E-state index in [4.69, 9.17) is 0 Å². The number of rotatable bonds is 1. The first kappa shape index (κ1) is 21.2. The standard InChI is InChI=1S/C17H14.4CH4/c1-4-13-9-10-15-11(2)5-7-14-8-6-12(3)16(13)17(14)15;;;;/h4-10H,1,3H2,2H3;4*1H4. The molecule has 0 aliphatic heterocycles. The summed E-state index contributed by atoms with van der Waals surface area (Å²) < 4.78 is 0. The Morgan fingerprint density at radius 2 is 1.43 bits per heavy atom. The highest BCUT2D eigenvalue weighted by molar-refractivity contribution is 6.13. The van der Waals surface area contributed by atoms with E-state index in [0.29, 0.717) is 0 Å². The van der Waals surface area contributed by atoms with E-state index >= 15 is 0 Å². The van der Waals surface area contributed by atoms with Crippen LogP contribution in [0.3, 0.4) is 0 Å². The van der Waals surface area contributed by atoms with Crippen molar-refractivity contribution in [2.45, 2.75) is 36.6 Å². The van der Waals surface area contributed by atoms with E-state index in [0.717, 1.165) is 5.22 Å². The van der Waals surface area contributed by atoms with Crippen molar-refractivity contribution < 1.29 is 0 Å². The summed E-state index contributed by atoms with van der Waals surface area (Å²) in [7, 11) is 0. The molecular formula is C21H30. The van der Waals surface area contributed by atoms with Gasteiger partial charge in [0.25, 0.3) is 0 Å². The van der Waals surface area contributed by atoms with Gasteiger partial charge in [-0.05, 0) is 44.8 Å². The third-order valence-corrected chi connectivity index (χ3v) is 3.47. The lowest BCUT2D eigenvalue weighted by atomic mass is 9.93. The minimum atomic E-state index is 0. The predicted octanol–water partition coefficient (Wildman–Crippen LogP) is 6.62. The Morgan fingerprint density at radius 1 is 0.810 bits per heavy atom. The fourth-order valence-corrected chi connectivity index (χ4v) is 2.56. The molecule has 3 rings (SSSR count). The maximum Gasteiger partial charge on any atom is -0.00244 e. The zero-order chi connectivity index (χ0) is 12.0. The van der Waals surface area contributed by atoms with Crippen molar-refractivity contribution in [3.63, 3.8) is 0 Å². The van der Waals surface area contributed by atoms with Crippen molar-refractivity contribution >= 4 is 34.2 Å². The normalized spacial score (nSPS) is 9.00. The summed E-state index contributed by atoms with van der Waals surface area (Å²) in [4.78, 5) is 0. The Hall–Kier alpha value is -2.08. The second-order valence-corrected chi connectivity index (χ2v) is 4.49. The molecule has 0 saturated heterocycles. The fourth-order valence-electron chi connectivity index (χ4n) is 2.56. The van der Waals surface area contributed by atoms with Crippen molar-refractivity contribution in [2.24, 2.45) is 0 Å². The van der Waals surface area contributed by atoms with Crippen LogP contribution in [0.5, 0.6) is 0 Å². The zero-order valence-electron chi connectivity index (χ0n) is 9.96. The van der Waals surface area contributed by atoms with Crippen molar-refractivity contribution in [2.75, 3.05) is 0 Å². The van der Waals surface area contributed by atoms with Gasteiger partial charge in [0.05, 0.1) is 0 Å². The maximum absolute atomic E-state index is 4.14. The summed E-state index contributed by atoms with van der Waals surface area (Å²) in [6.45, 7) is 10.2. The van der Waals surface area contributed by atoms with E-state index in [9.17, 15) is 0 Å². The van der Waals surface area contributed by atoms with Gasteiger partial charge in [-0.15, -0.1) is 0 Å². The van der Waals surface area contributed by atoms with E-state index in [-0.39, 0.29) is 29.7 Å². The van der Waals surface area contributed by atoms with Gasteiger partial charge in [-0.25, -0.2) is 0 Å². The SMILES string of the molecule is C.C.C.C.C=Cc1ccc2c(C)ccc3ccc(=C)c1c32. The van der Waals surface area contributed by atoms with Gasteiger partial charge in [0, 0.05) is 0 Å². The summed E-state index contributed by atoms with van der Waals surface area (Å²) in [5.41, 5.74) is 2.47. The van der Waals surface area contributed by atoms with Crippen molar-refractivity contribution in [1.82, 2.24) is 0 Å². The molecule has 0 N–H and O–H groups in total. The summed E-state index contributed by atoms with van der Waals surface area (Å²) in [6, 6.07) is 12.9. The molecule has 0 aliphatic carbocycles. The molecule has 0 unspecified atom stereocenters. The second-order valence-electron chi connectivity index (χ2n) is 4.49. The Morgan fingerprint density at radius 3 is 2.05 bits per heavy atom. The number of hydrogen-bond acceptors (Lipinski definition) is 0. The van der Waals surface area contributed by atoms with Crippen LogP contribution < -0.4 is 5.22 Å². The summed E-state index contributed by atoms with van der Waals surface area (Å²) in [5.74, 6) is 0. The van der Waals surface area contributed by atoms with Crippen LogP contribution in [0, 0.1) is 6.92 Å². The van der Waals surface area contributed by atoms with E-state index in [1.165, 1.54) is 32.7 Å². The van der Waals surface area contributed by atoms with Crippen LogP contribution in [-0.2, 0) is 0 Å². The van der Waals surface area contributed by atoms with Crippen LogP contribution in [0.25, 0.3) is 34.2 Å². The molecular weight excluding hydrogens is 252 g/mol. The first-order valence-electron chi connectivity index (χ1n) is 5.78. The van der Waals surface area contributed by atoms with Crippen molar-refractivity contribution in [3.8, 4) is 0 Å². The lowest BCUT2D eigenvalue weighted by molar-refractivity contribution is 1.54. The molecule has 0 aliphatic rings. The van der Waals surface area contributed by atoms with Gasteiger partial charge in [0.15, 0.2) is 0 Å². The van der Waals surface area contributed by atoms with Crippen LogP contribution in [-0.4, -0.2) is 0 Å². The van der Waals surface area contributed by atoms with E-state index in [2.05, 4.69) is 56.5 Å². The van der Waals surface area contributed by atoms with Gasteiger partial charge in [-0.2, -0.15) is 0 Å². The Labute approximate surface area is 130 Å². The first-order chi connectivity index (χ1) is 8.22. The molecule has 0 aromatic heterocycles. The van der Waals surface area contributed by atoms with Crippen molar-refractivity contribution in [3.05, 3.63) is 59.3 Å². The van der Waals surface area contributed by atoms with Crippen LogP contribution in [0.15, 0.2) is 43.0 Å². The first-order valence-corrected chi connectivity index (χ1v) is 5.78. The molecule has 0 fully saturated rings. The molecule has 0 heterocycles. The van der Waals surface area contributed by atoms with E-state index < -0.39 is 0 Å². The highest BCUT2D eigenvalue weighted by Crippen LogP contribution is 2.29. The van der Waals surface area contributed by atoms with Gasteiger partial charge in [-0.1, -0.05) is 85.3 Å². The molecule has 0 nitrogen and oxygen atoms in total. The molecule has 0 atom stereocenters. The average Bonchev–Trinajstić information content (AvgIpc) is 2.36. The highest BCUT2D eigenvalue weighted by atomic mass is 14.1. The van der Waals surface area contributed by atoms with Crippen molar-refractivity contribution in [1.29, 1.82) is 0 Å². The molecule has 114 valence electrons. The molecule has 3 aromatic rings. The summed E-state index contributed by atoms with van der Waals surface area (Å²) in [6.07, 6.45) is 1.91. The third kappa shape index (κ3) is 3.00. The van der Waals surface area contributed by atoms with Gasteiger partial charge < -0.3 is 0 Å². The number of aryl methyl sites for hydroxylation is 1. The quantitative estimate of drug-likeness (QED) is 0.470. The molecule has 3 aromatic carbocycles. The van der Waals surface area contributed by atoms with Gasteiger partial charge >= 0.3 is 0 Å². The maximum atomic E-state index is 4.14. The van der Waals surface area contributed by atoms with Crippen LogP contribution in [0.2, 0.25) is 0 Å². The minimum Gasteiger partial charge on any atom is -0.0984 e. The van der Waals surface area contributed by atoms with Gasteiger partial charge in [0.2, 0.25) is 0 Å². The van der Waals surface area contributed by atoms with Gasteiger partial charge in [0.1, 0.15) is 0 Å². The number of benzene rings is 3. The summed E-state index contributed by atoms with van der Waals surface area (Å²) in [5, 5.41) is 6.21. The second kappa shape index (κ2) is 7.64. The Bertz CT molecular complexity index is 779. The topological polar surface area (TPSA) is 0 Å². The molecule has 21 heavy (non-hydrogen) atoms. The molecule has 0 radical (unpaired) electrons. The predicted molar refractivity (Wildman–Crippen MR) is 104 cm³/mol. The number of hydrogen-bond donors (Lipinski definition) is 0.